The molecule has 0 heterocycles. The Morgan fingerprint density at radius 2 is 1.84 bits per heavy atom. The zero-order valence-electron chi connectivity index (χ0n) is 12.1. The molecule has 0 amide bonds. The van der Waals surface area contributed by atoms with Gasteiger partial charge in [0.25, 0.3) is 0 Å². The topological polar surface area (TPSA) is 9.23 Å². The molecule has 1 aliphatic carbocycles. The maximum Gasteiger partial charge on any atom is 0.0641 e. The van der Waals surface area contributed by atoms with Gasteiger partial charge in [-0.05, 0) is 42.2 Å². The third kappa shape index (κ3) is 3.32. The Bertz CT molecular complexity index is 379. The lowest BCUT2D eigenvalue weighted by atomic mass is 9.77. The van der Waals surface area contributed by atoms with Crippen molar-refractivity contribution in [1.29, 1.82) is 0 Å². The average Bonchev–Trinajstić information content (AvgIpc) is 2.95. The molecule has 0 N–H and O–H groups in total. The number of methoxy groups -OCH3 is 1. The van der Waals surface area contributed by atoms with Crippen LogP contribution in [0.5, 0.6) is 0 Å². The number of hydrogen-bond donors (Lipinski definition) is 0. The van der Waals surface area contributed by atoms with E-state index in [1.807, 2.05) is 0 Å². The number of hydrogen-bond acceptors (Lipinski definition) is 1. The van der Waals surface area contributed by atoms with Crippen molar-refractivity contribution in [3.8, 4) is 0 Å². The Kier molecular flexibility index (Phi) is 5.29. The van der Waals surface area contributed by atoms with E-state index in [1.54, 1.807) is 7.11 Å². The molecule has 1 fully saturated rings. The minimum Gasteiger partial charge on any atom is -0.384 e. The van der Waals surface area contributed by atoms with Crippen molar-refractivity contribution >= 4 is 11.6 Å². The first kappa shape index (κ1) is 14.9. The summed E-state index contributed by atoms with van der Waals surface area (Å²) >= 11 is 6.80. The minimum atomic E-state index is 0.163. The summed E-state index contributed by atoms with van der Waals surface area (Å²) < 4.78 is 5.11. The lowest BCUT2D eigenvalue weighted by Gasteiger charge is -2.33. The van der Waals surface area contributed by atoms with Gasteiger partial charge in [0.15, 0.2) is 0 Å². The maximum atomic E-state index is 6.80. The van der Waals surface area contributed by atoms with Crippen molar-refractivity contribution in [1.82, 2.24) is 0 Å². The predicted molar refractivity (Wildman–Crippen MR) is 81.8 cm³/mol. The molecule has 1 saturated carbocycles. The van der Waals surface area contributed by atoms with E-state index >= 15 is 0 Å². The van der Waals surface area contributed by atoms with E-state index < -0.39 is 0 Å². The standard InChI is InChI=1S/C17H25ClO/c1-3-17(11-4-5-12-17)16(18)15-8-6-14(7-9-15)10-13-19-2/h6-9,16H,3-5,10-13H2,1-2H3. The summed E-state index contributed by atoms with van der Waals surface area (Å²) in [7, 11) is 1.74. The van der Waals surface area contributed by atoms with Crippen LogP contribution >= 0.6 is 11.6 Å². The maximum absolute atomic E-state index is 6.80. The second kappa shape index (κ2) is 6.76. The van der Waals surface area contributed by atoms with E-state index in [1.165, 1.54) is 43.2 Å². The van der Waals surface area contributed by atoms with Gasteiger partial charge >= 0.3 is 0 Å². The van der Waals surface area contributed by atoms with Crippen molar-refractivity contribution in [2.24, 2.45) is 5.41 Å². The quantitative estimate of drug-likeness (QED) is 0.657. The largest absolute Gasteiger partial charge is 0.384 e. The molecule has 2 heteroatoms. The highest BCUT2D eigenvalue weighted by atomic mass is 35.5. The number of rotatable bonds is 6. The summed E-state index contributed by atoms with van der Waals surface area (Å²) in [6.45, 7) is 3.07. The second-order valence-electron chi connectivity index (χ2n) is 5.77. The van der Waals surface area contributed by atoms with Crippen molar-refractivity contribution in [3.05, 3.63) is 35.4 Å². The Morgan fingerprint density at radius 1 is 1.21 bits per heavy atom. The predicted octanol–water partition coefficient (Wildman–Crippen LogP) is 5.13. The van der Waals surface area contributed by atoms with Crippen LogP contribution < -0.4 is 0 Å². The SMILES string of the molecule is CCC1(C(Cl)c2ccc(CCOC)cc2)CCCC1. The van der Waals surface area contributed by atoms with Gasteiger partial charge in [-0.1, -0.05) is 44.0 Å². The van der Waals surface area contributed by atoms with Crippen molar-refractivity contribution < 1.29 is 4.74 Å². The first-order valence-corrected chi connectivity index (χ1v) is 7.87. The molecule has 0 radical (unpaired) electrons. The molecule has 0 aliphatic heterocycles. The molecule has 0 bridgehead atoms. The second-order valence-corrected chi connectivity index (χ2v) is 6.21. The third-order valence-electron chi connectivity index (χ3n) is 4.71. The fourth-order valence-corrected chi connectivity index (χ4v) is 3.81. The van der Waals surface area contributed by atoms with Gasteiger partial charge in [-0.15, -0.1) is 11.6 Å². The molecule has 2 rings (SSSR count). The van der Waals surface area contributed by atoms with Crippen LogP contribution in [0.15, 0.2) is 24.3 Å². The van der Waals surface area contributed by atoms with Crippen molar-refractivity contribution in [2.75, 3.05) is 13.7 Å². The summed E-state index contributed by atoms with van der Waals surface area (Å²) in [6, 6.07) is 8.81. The van der Waals surface area contributed by atoms with E-state index in [2.05, 4.69) is 31.2 Å². The van der Waals surface area contributed by atoms with Crippen LogP contribution in [0.4, 0.5) is 0 Å². The van der Waals surface area contributed by atoms with Crippen LogP contribution in [0, 0.1) is 5.41 Å². The molecule has 1 aromatic rings. The molecule has 0 spiro atoms. The highest BCUT2D eigenvalue weighted by Gasteiger charge is 2.39. The summed E-state index contributed by atoms with van der Waals surface area (Å²) in [5.41, 5.74) is 2.94. The fraction of sp³-hybridized carbons (Fsp3) is 0.647. The number of ether oxygens (including phenoxy) is 1. The summed E-state index contributed by atoms with van der Waals surface area (Å²) in [5, 5.41) is 0.163. The minimum absolute atomic E-state index is 0.163. The van der Waals surface area contributed by atoms with Gasteiger partial charge in [0, 0.05) is 7.11 Å². The first-order valence-electron chi connectivity index (χ1n) is 7.44. The van der Waals surface area contributed by atoms with Crippen LogP contribution in [0.3, 0.4) is 0 Å². The fourth-order valence-electron chi connectivity index (χ4n) is 3.29. The van der Waals surface area contributed by atoms with Crippen LogP contribution in [-0.4, -0.2) is 13.7 Å². The van der Waals surface area contributed by atoms with E-state index in [0.29, 0.717) is 5.41 Å². The Morgan fingerprint density at radius 3 is 2.37 bits per heavy atom. The van der Waals surface area contributed by atoms with Crippen LogP contribution in [0.1, 0.15) is 55.5 Å². The van der Waals surface area contributed by atoms with Crippen molar-refractivity contribution in [3.63, 3.8) is 0 Å². The summed E-state index contributed by atoms with van der Waals surface area (Å²) in [5.74, 6) is 0. The van der Waals surface area contributed by atoms with E-state index in [9.17, 15) is 0 Å². The normalized spacial score (nSPS) is 19.5. The molecular weight excluding hydrogens is 256 g/mol. The van der Waals surface area contributed by atoms with E-state index in [-0.39, 0.29) is 5.38 Å². The molecule has 1 aliphatic rings. The molecule has 0 saturated heterocycles. The molecule has 19 heavy (non-hydrogen) atoms. The molecule has 1 atom stereocenters. The van der Waals surface area contributed by atoms with Crippen LogP contribution in [0.25, 0.3) is 0 Å². The monoisotopic (exact) mass is 280 g/mol. The number of halogens is 1. The van der Waals surface area contributed by atoms with Gasteiger partial charge in [-0.25, -0.2) is 0 Å². The van der Waals surface area contributed by atoms with Crippen LogP contribution in [-0.2, 0) is 11.2 Å². The molecule has 106 valence electrons. The molecule has 1 unspecified atom stereocenters. The lowest BCUT2D eigenvalue weighted by molar-refractivity contribution is 0.202. The average molecular weight is 281 g/mol. The summed E-state index contributed by atoms with van der Waals surface area (Å²) in [4.78, 5) is 0. The van der Waals surface area contributed by atoms with Gasteiger partial charge in [0.05, 0.1) is 12.0 Å². The smallest absolute Gasteiger partial charge is 0.0641 e. The number of benzene rings is 1. The van der Waals surface area contributed by atoms with Gasteiger partial charge in [0.2, 0.25) is 0 Å². The Labute approximate surface area is 122 Å². The van der Waals surface area contributed by atoms with E-state index in [4.69, 9.17) is 16.3 Å². The number of alkyl halides is 1. The van der Waals surface area contributed by atoms with Gasteiger partial charge < -0.3 is 4.74 Å². The highest BCUT2D eigenvalue weighted by molar-refractivity contribution is 6.21. The zero-order chi connectivity index (χ0) is 13.7. The highest BCUT2D eigenvalue weighted by Crippen LogP contribution is 2.53. The first-order chi connectivity index (χ1) is 9.22. The molecule has 1 nitrogen and oxygen atoms in total. The molecule has 1 aromatic carbocycles. The van der Waals surface area contributed by atoms with Crippen LogP contribution in [0.2, 0.25) is 0 Å². The van der Waals surface area contributed by atoms with Gasteiger partial charge in [0.1, 0.15) is 0 Å². The Hall–Kier alpha value is -0.530. The van der Waals surface area contributed by atoms with E-state index in [0.717, 1.165) is 13.0 Å². The third-order valence-corrected chi connectivity index (χ3v) is 5.42. The van der Waals surface area contributed by atoms with Gasteiger partial charge in [-0.3, -0.25) is 0 Å². The molecule has 0 aromatic heterocycles. The zero-order valence-corrected chi connectivity index (χ0v) is 12.9. The molecular formula is C17H25ClO. The van der Waals surface area contributed by atoms with Crippen molar-refractivity contribution in [2.45, 2.75) is 50.8 Å². The lowest BCUT2D eigenvalue weighted by Crippen LogP contribution is -2.21. The summed E-state index contributed by atoms with van der Waals surface area (Å²) in [6.07, 6.45) is 7.40. The Balaban J connectivity index is 2.08. The van der Waals surface area contributed by atoms with Gasteiger partial charge in [-0.2, -0.15) is 0 Å².